The van der Waals surface area contributed by atoms with Crippen molar-refractivity contribution >= 4 is 15.9 Å². The van der Waals surface area contributed by atoms with E-state index in [2.05, 4.69) is 52.4 Å². The van der Waals surface area contributed by atoms with Gasteiger partial charge in [0.2, 0.25) is 0 Å². The Labute approximate surface area is 112 Å². The number of halogens is 1. The maximum atomic E-state index is 5.51. The van der Waals surface area contributed by atoms with Crippen molar-refractivity contribution in [1.82, 2.24) is 5.32 Å². The van der Waals surface area contributed by atoms with Crippen molar-refractivity contribution in [3.05, 3.63) is 34.3 Å². The van der Waals surface area contributed by atoms with E-state index in [1.54, 1.807) is 0 Å². The predicted octanol–water partition coefficient (Wildman–Crippen LogP) is 2.96. The molecule has 17 heavy (non-hydrogen) atoms. The Balaban J connectivity index is 2.26. The first-order valence-electron chi connectivity index (χ1n) is 6.21. The molecule has 1 N–H and O–H groups in total. The molecule has 1 aliphatic heterocycles. The SMILES string of the molecule is CCC(CNC)C1(c2ccc(Br)cc2)COC1. The molecule has 1 atom stereocenters. The highest BCUT2D eigenvalue weighted by molar-refractivity contribution is 9.10. The molecule has 0 spiro atoms. The molecule has 2 rings (SSSR count). The molecule has 1 saturated heterocycles. The molecule has 1 heterocycles. The van der Waals surface area contributed by atoms with Crippen molar-refractivity contribution in [2.45, 2.75) is 18.8 Å². The van der Waals surface area contributed by atoms with Crippen molar-refractivity contribution in [2.24, 2.45) is 5.92 Å². The second kappa shape index (κ2) is 5.51. The van der Waals surface area contributed by atoms with Gasteiger partial charge in [-0.15, -0.1) is 0 Å². The number of benzene rings is 1. The zero-order valence-corrected chi connectivity index (χ0v) is 12.1. The van der Waals surface area contributed by atoms with Crippen LogP contribution in [0.4, 0.5) is 0 Å². The fourth-order valence-corrected chi connectivity index (χ4v) is 2.98. The molecule has 0 aliphatic carbocycles. The van der Waals surface area contributed by atoms with Crippen molar-refractivity contribution in [2.75, 3.05) is 26.8 Å². The molecule has 2 nitrogen and oxygen atoms in total. The minimum atomic E-state index is 0.221. The Morgan fingerprint density at radius 1 is 1.35 bits per heavy atom. The molecule has 0 bridgehead atoms. The first kappa shape index (κ1) is 13.1. The van der Waals surface area contributed by atoms with Gasteiger partial charge in [0.05, 0.1) is 13.2 Å². The van der Waals surface area contributed by atoms with Crippen LogP contribution >= 0.6 is 15.9 Å². The van der Waals surface area contributed by atoms with Crippen molar-refractivity contribution in [3.63, 3.8) is 0 Å². The van der Waals surface area contributed by atoms with Gasteiger partial charge in [0, 0.05) is 9.89 Å². The van der Waals surface area contributed by atoms with Gasteiger partial charge in [-0.05, 0) is 37.2 Å². The lowest BCUT2D eigenvalue weighted by atomic mass is 9.67. The normalized spacial score (nSPS) is 19.7. The number of ether oxygens (including phenoxy) is 1. The summed E-state index contributed by atoms with van der Waals surface area (Å²) in [6, 6.07) is 8.71. The fraction of sp³-hybridized carbons (Fsp3) is 0.571. The van der Waals surface area contributed by atoms with Gasteiger partial charge in [-0.2, -0.15) is 0 Å². The maximum absolute atomic E-state index is 5.51. The second-order valence-corrected chi connectivity index (χ2v) is 5.73. The van der Waals surface area contributed by atoms with Gasteiger partial charge in [0.1, 0.15) is 0 Å². The van der Waals surface area contributed by atoms with Crippen molar-refractivity contribution < 1.29 is 4.74 Å². The second-order valence-electron chi connectivity index (χ2n) is 4.82. The van der Waals surface area contributed by atoms with Crippen LogP contribution in [0.5, 0.6) is 0 Å². The average molecular weight is 298 g/mol. The number of hydrogen-bond donors (Lipinski definition) is 1. The predicted molar refractivity (Wildman–Crippen MR) is 74.3 cm³/mol. The summed E-state index contributed by atoms with van der Waals surface area (Å²) in [6.07, 6.45) is 1.18. The van der Waals surface area contributed by atoms with Crippen molar-refractivity contribution in [1.29, 1.82) is 0 Å². The molecule has 0 saturated carbocycles. The molecule has 3 heteroatoms. The van der Waals surface area contributed by atoms with Gasteiger partial charge in [-0.3, -0.25) is 0 Å². The molecular weight excluding hydrogens is 278 g/mol. The van der Waals surface area contributed by atoms with E-state index in [0.29, 0.717) is 5.92 Å². The van der Waals surface area contributed by atoms with Gasteiger partial charge >= 0.3 is 0 Å². The van der Waals surface area contributed by atoms with Crippen LogP contribution in [-0.4, -0.2) is 26.8 Å². The van der Waals surface area contributed by atoms with Gasteiger partial charge in [-0.25, -0.2) is 0 Å². The molecule has 1 unspecified atom stereocenters. The zero-order valence-electron chi connectivity index (χ0n) is 10.5. The van der Waals surface area contributed by atoms with Crippen LogP contribution < -0.4 is 5.32 Å². The zero-order chi connectivity index (χ0) is 12.3. The Morgan fingerprint density at radius 3 is 2.41 bits per heavy atom. The van der Waals surface area contributed by atoms with Crippen LogP contribution in [0.15, 0.2) is 28.7 Å². The molecule has 1 fully saturated rings. The number of rotatable bonds is 5. The lowest BCUT2D eigenvalue weighted by molar-refractivity contribution is -0.0909. The summed E-state index contributed by atoms with van der Waals surface area (Å²) < 4.78 is 6.65. The Bertz CT molecular complexity index is 359. The van der Waals surface area contributed by atoms with Gasteiger partial charge in [0.15, 0.2) is 0 Å². The van der Waals surface area contributed by atoms with Crippen LogP contribution in [0.1, 0.15) is 18.9 Å². The molecular formula is C14H20BrNO. The monoisotopic (exact) mass is 297 g/mol. The lowest BCUT2D eigenvalue weighted by Gasteiger charge is -2.47. The largest absolute Gasteiger partial charge is 0.379 e. The summed E-state index contributed by atoms with van der Waals surface area (Å²) in [5.41, 5.74) is 1.63. The van der Waals surface area contributed by atoms with Crippen LogP contribution in [0, 0.1) is 5.92 Å². The van der Waals surface area contributed by atoms with Crippen LogP contribution in [0.3, 0.4) is 0 Å². The highest BCUT2D eigenvalue weighted by Gasteiger charge is 2.45. The van der Waals surface area contributed by atoms with Crippen LogP contribution in [0.25, 0.3) is 0 Å². The van der Waals surface area contributed by atoms with E-state index in [9.17, 15) is 0 Å². The Morgan fingerprint density at radius 2 is 2.00 bits per heavy atom. The summed E-state index contributed by atoms with van der Waals surface area (Å²) in [4.78, 5) is 0. The summed E-state index contributed by atoms with van der Waals surface area (Å²) in [5.74, 6) is 0.641. The molecule has 1 aliphatic rings. The third-order valence-corrected chi connectivity index (χ3v) is 4.39. The summed E-state index contributed by atoms with van der Waals surface area (Å²) in [7, 11) is 2.03. The average Bonchev–Trinajstić information content (AvgIpc) is 2.29. The van der Waals surface area contributed by atoms with E-state index in [0.717, 1.165) is 24.2 Å². The van der Waals surface area contributed by atoms with E-state index in [-0.39, 0.29) is 5.41 Å². The van der Waals surface area contributed by atoms with Gasteiger partial charge in [0.25, 0.3) is 0 Å². The third-order valence-electron chi connectivity index (χ3n) is 3.86. The van der Waals surface area contributed by atoms with E-state index in [1.165, 1.54) is 12.0 Å². The van der Waals surface area contributed by atoms with E-state index >= 15 is 0 Å². The van der Waals surface area contributed by atoms with Crippen LogP contribution in [-0.2, 0) is 10.2 Å². The molecule has 1 aromatic rings. The molecule has 0 aromatic heterocycles. The third kappa shape index (κ3) is 2.42. The highest BCUT2D eigenvalue weighted by atomic mass is 79.9. The summed E-state index contributed by atoms with van der Waals surface area (Å²) in [5, 5.41) is 3.31. The first-order valence-corrected chi connectivity index (χ1v) is 7.00. The smallest absolute Gasteiger partial charge is 0.0588 e. The summed E-state index contributed by atoms with van der Waals surface area (Å²) in [6.45, 7) is 5.03. The minimum Gasteiger partial charge on any atom is -0.379 e. The number of nitrogens with one attached hydrogen (secondary N) is 1. The molecule has 0 amide bonds. The Kier molecular flexibility index (Phi) is 4.23. The molecule has 94 valence electrons. The quantitative estimate of drug-likeness (QED) is 0.902. The van der Waals surface area contributed by atoms with E-state index < -0.39 is 0 Å². The Hall–Kier alpha value is -0.380. The maximum Gasteiger partial charge on any atom is 0.0588 e. The highest BCUT2D eigenvalue weighted by Crippen LogP contribution is 2.41. The van der Waals surface area contributed by atoms with E-state index in [1.807, 2.05) is 7.05 Å². The molecule has 1 aromatic carbocycles. The van der Waals surface area contributed by atoms with Gasteiger partial charge < -0.3 is 10.1 Å². The molecule has 0 radical (unpaired) electrons. The summed E-state index contributed by atoms with van der Waals surface area (Å²) >= 11 is 3.49. The van der Waals surface area contributed by atoms with E-state index in [4.69, 9.17) is 4.74 Å². The van der Waals surface area contributed by atoms with Gasteiger partial charge in [-0.1, -0.05) is 41.4 Å². The minimum absolute atomic E-state index is 0.221. The van der Waals surface area contributed by atoms with Crippen molar-refractivity contribution in [3.8, 4) is 0 Å². The topological polar surface area (TPSA) is 21.3 Å². The standard InChI is InChI=1S/C14H20BrNO/c1-3-11(8-16-2)14(9-17-10-14)12-4-6-13(15)7-5-12/h4-7,11,16H,3,8-10H2,1-2H3. The van der Waals surface area contributed by atoms with Crippen LogP contribution in [0.2, 0.25) is 0 Å². The lowest BCUT2D eigenvalue weighted by Crippen LogP contribution is -2.54. The fourth-order valence-electron chi connectivity index (χ4n) is 2.72. The number of hydrogen-bond acceptors (Lipinski definition) is 2. The first-order chi connectivity index (χ1) is 8.23.